The van der Waals surface area contributed by atoms with Crippen LogP contribution in [0.25, 0.3) is 5.57 Å². The van der Waals surface area contributed by atoms with Crippen LogP contribution in [0.3, 0.4) is 0 Å². The van der Waals surface area contributed by atoms with Crippen molar-refractivity contribution in [3.63, 3.8) is 0 Å². The van der Waals surface area contributed by atoms with Crippen LogP contribution in [0.4, 0.5) is 0 Å². The molecule has 0 amide bonds. The third-order valence-electron chi connectivity index (χ3n) is 4.39. The first-order valence-electron chi connectivity index (χ1n) is 8.13. The molecule has 0 aliphatic carbocycles. The number of carbonyl (C=O) groups is 1. The molecule has 0 spiro atoms. The van der Waals surface area contributed by atoms with Gasteiger partial charge in [-0.25, -0.2) is 4.99 Å². The zero-order chi connectivity index (χ0) is 18.1. The Morgan fingerprint density at radius 2 is 1.81 bits per heavy atom. The molecule has 1 unspecified atom stereocenters. The van der Waals surface area contributed by atoms with E-state index in [-0.39, 0.29) is 11.6 Å². The molecule has 0 aromatic heterocycles. The Morgan fingerprint density at radius 3 is 2.50 bits per heavy atom. The summed E-state index contributed by atoms with van der Waals surface area (Å²) in [5.41, 5.74) is 4.22. The summed E-state index contributed by atoms with van der Waals surface area (Å²) in [6.07, 6.45) is 1.80. The van der Waals surface area contributed by atoms with E-state index in [1.54, 1.807) is 12.1 Å². The van der Waals surface area contributed by atoms with E-state index in [1.165, 1.54) is 6.08 Å². The number of allylic oxidation sites excluding steroid dienone is 1. The number of aliphatic imine (C=N–C) groups is 1. The lowest BCUT2D eigenvalue weighted by Gasteiger charge is -2.15. The Morgan fingerprint density at radius 1 is 1.08 bits per heavy atom. The zero-order valence-corrected chi connectivity index (χ0v) is 14.4. The second-order valence-corrected chi connectivity index (χ2v) is 6.53. The van der Waals surface area contributed by atoms with Crippen LogP contribution >= 0.6 is 11.6 Å². The number of nitrogens with zero attached hydrogens (tertiary/aromatic N) is 2. The van der Waals surface area contributed by atoms with Crippen molar-refractivity contribution in [2.75, 3.05) is 0 Å². The summed E-state index contributed by atoms with van der Waals surface area (Å²) >= 11 is 6.01. The van der Waals surface area contributed by atoms with Crippen LogP contribution in [0.2, 0.25) is 5.02 Å². The summed E-state index contributed by atoms with van der Waals surface area (Å²) in [7, 11) is 0. The lowest BCUT2D eigenvalue weighted by Crippen LogP contribution is -2.38. The second-order valence-electron chi connectivity index (χ2n) is 6.09. The molecule has 0 saturated carbocycles. The highest BCUT2D eigenvalue weighted by Crippen LogP contribution is 2.32. The number of nitroso groups, excluding NO2 is 1. The molecule has 5 nitrogen and oxygen atoms in total. The summed E-state index contributed by atoms with van der Waals surface area (Å²) < 4.78 is 0. The largest absolute Gasteiger partial charge is 0.373 e. The molecule has 2 aromatic rings. The van der Waals surface area contributed by atoms with Crippen LogP contribution < -0.4 is 5.32 Å². The predicted molar refractivity (Wildman–Crippen MR) is 102 cm³/mol. The first-order chi connectivity index (χ1) is 12.7. The number of hydrogen-bond acceptors (Lipinski definition) is 5. The van der Waals surface area contributed by atoms with Gasteiger partial charge in [0.15, 0.2) is 11.6 Å². The molecule has 0 bridgehead atoms. The van der Waals surface area contributed by atoms with Crippen molar-refractivity contribution < 1.29 is 4.79 Å². The molecular weight excluding hydrogens is 350 g/mol. The van der Waals surface area contributed by atoms with Gasteiger partial charge >= 0.3 is 0 Å². The van der Waals surface area contributed by atoms with Gasteiger partial charge in [-0.15, -0.1) is 4.91 Å². The number of fused-ring (bicyclic) bond motifs is 1. The van der Waals surface area contributed by atoms with E-state index < -0.39 is 6.04 Å². The molecule has 26 heavy (non-hydrogen) atoms. The van der Waals surface area contributed by atoms with E-state index in [0.717, 1.165) is 22.4 Å². The number of halogens is 1. The molecule has 1 N–H and O–H groups in total. The van der Waals surface area contributed by atoms with Crippen molar-refractivity contribution in [3.8, 4) is 0 Å². The summed E-state index contributed by atoms with van der Waals surface area (Å²) in [4.78, 5) is 27.6. The van der Waals surface area contributed by atoms with Gasteiger partial charge in [-0.2, -0.15) is 0 Å². The zero-order valence-electron chi connectivity index (χ0n) is 13.6. The van der Waals surface area contributed by atoms with Crippen molar-refractivity contribution in [1.82, 2.24) is 5.32 Å². The van der Waals surface area contributed by atoms with Gasteiger partial charge in [0.2, 0.25) is 0 Å². The highest BCUT2D eigenvalue weighted by Gasteiger charge is 2.37. The fourth-order valence-electron chi connectivity index (χ4n) is 3.23. The topological polar surface area (TPSA) is 70.9 Å². The van der Waals surface area contributed by atoms with Gasteiger partial charge in [0.1, 0.15) is 6.04 Å². The Bertz CT molecular complexity index is 976. The SMILES string of the molecule is O=NC1=CC(=O)C2NC(Cc3ccccc3)=C(c3ccc(Cl)cc3)C2=N1. The van der Waals surface area contributed by atoms with E-state index in [2.05, 4.69) is 15.5 Å². The first kappa shape index (κ1) is 16.4. The van der Waals surface area contributed by atoms with Crippen molar-refractivity contribution in [2.24, 2.45) is 10.2 Å². The summed E-state index contributed by atoms with van der Waals surface area (Å²) in [5, 5.41) is 6.74. The molecule has 2 aliphatic heterocycles. The van der Waals surface area contributed by atoms with Gasteiger partial charge in [0.05, 0.1) is 5.71 Å². The minimum atomic E-state index is -0.593. The number of ketones is 1. The van der Waals surface area contributed by atoms with Gasteiger partial charge in [-0.1, -0.05) is 54.1 Å². The Hall–Kier alpha value is -3.05. The third-order valence-corrected chi connectivity index (χ3v) is 4.64. The minimum Gasteiger partial charge on any atom is -0.373 e. The van der Waals surface area contributed by atoms with Gasteiger partial charge in [0, 0.05) is 28.8 Å². The summed E-state index contributed by atoms with van der Waals surface area (Å²) in [6.45, 7) is 0. The average molecular weight is 364 g/mol. The fraction of sp³-hybridized carbons (Fsp3) is 0.100. The van der Waals surface area contributed by atoms with Crippen LogP contribution in [0.5, 0.6) is 0 Å². The Balaban J connectivity index is 1.84. The van der Waals surface area contributed by atoms with Crippen LogP contribution in [0.15, 0.2) is 82.4 Å². The van der Waals surface area contributed by atoms with Crippen LogP contribution in [-0.2, 0) is 11.2 Å². The van der Waals surface area contributed by atoms with Crippen LogP contribution in [0, 0.1) is 4.91 Å². The lowest BCUT2D eigenvalue weighted by atomic mass is 9.94. The number of carbonyl (C=O) groups excluding carboxylic acids is 1. The maximum atomic E-state index is 12.4. The van der Waals surface area contributed by atoms with Gasteiger partial charge in [-0.05, 0) is 28.4 Å². The van der Waals surface area contributed by atoms with Crippen molar-refractivity contribution in [3.05, 3.63) is 93.2 Å². The van der Waals surface area contributed by atoms with Crippen molar-refractivity contribution >= 4 is 28.7 Å². The standard InChI is InChI=1S/C20H14ClN3O2/c21-14-8-6-13(7-9-14)18-15(10-12-4-2-1-3-5-12)22-19-16(25)11-17(24-26)23-20(18)19/h1-9,11,19,22H,10H2. The quantitative estimate of drug-likeness (QED) is 0.837. The van der Waals surface area contributed by atoms with E-state index in [0.29, 0.717) is 17.2 Å². The molecule has 0 saturated heterocycles. The van der Waals surface area contributed by atoms with Gasteiger partial charge < -0.3 is 5.32 Å². The van der Waals surface area contributed by atoms with Gasteiger partial charge in [0.25, 0.3) is 0 Å². The lowest BCUT2D eigenvalue weighted by molar-refractivity contribution is -0.115. The first-order valence-corrected chi connectivity index (χ1v) is 8.51. The molecular formula is C20H14ClN3O2. The Labute approximate surface area is 155 Å². The molecule has 2 aromatic carbocycles. The summed E-state index contributed by atoms with van der Waals surface area (Å²) in [6, 6.07) is 16.7. The molecule has 4 rings (SSSR count). The van der Waals surface area contributed by atoms with Crippen LogP contribution in [0.1, 0.15) is 11.1 Å². The minimum absolute atomic E-state index is 0.101. The number of rotatable bonds is 4. The molecule has 2 aliphatic rings. The molecule has 1 atom stereocenters. The van der Waals surface area contributed by atoms with E-state index in [9.17, 15) is 9.70 Å². The molecule has 128 valence electrons. The Kier molecular flexibility index (Phi) is 4.22. The van der Waals surface area contributed by atoms with E-state index in [1.807, 2.05) is 42.5 Å². The maximum Gasteiger partial charge on any atom is 0.200 e. The monoisotopic (exact) mass is 363 g/mol. The smallest absolute Gasteiger partial charge is 0.200 e. The molecule has 0 fully saturated rings. The third kappa shape index (κ3) is 2.97. The highest BCUT2D eigenvalue weighted by molar-refractivity contribution is 6.37. The van der Waals surface area contributed by atoms with Crippen molar-refractivity contribution in [1.29, 1.82) is 0 Å². The predicted octanol–water partition coefficient (Wildman–Crippen LogP) is 3.90. The molecule has 6 heteroatoms. The number of hydrogen-bond donors (Lipinski definition) is 1. The number of nitrogens with one attached hydrogen (secondary N) is 1. The maximum absolute atomic E-state index is 12.4. The average Bonchev–Trinajstić information content (AvgIpc) is 3.01. The van der Waals surface area contributed by atoms with Crippen LogP contribution in [-0.4, -0.2) is 17.5 Å². The van der Waals surface area contributed by atoms with E-state index >= 15 is 0 Å². The van der Waals surface area contributed by atoms with E-state index in [4.69, 9.17) is 11.6 Å². The van der Waals surface area contributed by atoms with Crippen molar-refractivity contribution in [2.45, 2.75) is 12.5 Å². The number of benzene rings is 2. The van der Waals surface area contributed by atoms with Gasteiger partial charge in [-0.3, -0.25) is 4.79 Å². The second kappa shape index (κ2) is 6.69. The molecule has 0 radical (unpaired) electrons. The summed E-state index contributed by atoms with van der Waals surface area (Å²) in [5.74, 6) is -0.324. The highest BCUT2D eigenvalue weighted by atomic mass is 35.5. The molecule has 2 heterocycles. The normalized spacial score (nSPS) is 18.8. The fourth-order valence-corrected chi connectivity index (χ4v) is 3.36.